The second-order valence-electron chi connectivity index (χ2n) is 6.32. The number of carboxylic acids is 1. The number of hydrogen-bond donors (Lipinski definition) is 1. The maximum atomic E-state index is 11.8. The highest BCUT2D eigenvalue weighted by Gasteiger charge is 2.17. The summed E-state index contributed by atoms with van der Waals surface area (Å²) in [6.07, 6.45) is 8.46. The Balaban J connectivity index is 1.96. The summed E-state index contributed by atoms with van der Waals surface area (Å²) in [5, 5.41) is 9.65. The lowest BCUT2D eigenvalue weighted by molar-refractivity contribution is 0.0693. The number of hydrogen-bond acceptors (Lipinski definition) is 2. The Kier molecular flexibility index (Phi) is 8.03. The smallest absolute Gasteiger partial charge is 0.340 e. The molecule has 3 heteroatoms. The molecule has 1 N–H and O–H groups in total. The molecule has 0 saturated carbocycles. The van der Waals surface area contributed by atoms with Crippen LogP contribution in [0.1, 0.15) is 62.2 Å². The van der Waals surface area contributed by atoms with E-state index in [-0.39, 0.29) is 5.56 Å². The lowest BCUT2D eigenvalue weighted by atomic mass is 9.99. The van der Waals surface area contributed by atoms with Crippen molar-refractivity contribution in [2.75, 3.05) is 6.61 Å². The molecular formula is C22H28O3. The number of carbonyl (C=O) groups is 1. The van der Waals surface area contributed by atoms with Crippen molar-refractivity contribution in [2.24, 2.45) is 0 Å². The molecule has 0 radical (unpaired) electrons. The van der Waals surface area contributed by atoms with Crippen LogP contribution < -0.4 is 4.74 Å². The first kappa shape index (κ1) is 19.0. The molecule has 0 saturated heterocycles. The first-order valence-corrected chi connectivity index (χ1v) is 9.28. The zero-order valence-corrected chi connectivity index (χ0v) is 15.0. The summed E-state index contributed by atoms with van der Waals surface area (Å²) in [6.45, 7) is 2.78. The van der Waals surface area contributed by atoms with Gasteiger partial charge in [0.15, 0.2) is 0 Å². The monoisotopic (exact) mass is 340 g/mol. The van der Waals surface area contributed by atoms with Gasteiger partial charge in [-0.05, 0) is 23.6 Å². The van der Waals surface area contributed by atoms with Gasteiger partial charge in [-0.3, -0.25) is 0 Å². The average molecular weight is 340 g/mol. The number of aromatic carboxylic acids is 1. The van der Waals surface area contributed by atoms with E-state index in [1.165, 1.54) is 32.1 Å². The first-order chi connectivity index (χ1) is 12.2. The van der Waals surface area contributed by atoms with Gasteiger partial charge in [0.25, 0.3) is 0 Å². The molecule has 0 aromatic heterocycles. The van der Waals surface area contributed by atoms with Crippen molar-refractivity contribution in [1.82, 2.24) is 0 Å². The van der Waals surface area contributed by atoms with E-state index in [1.54, 1.807) is 6.07 Å². The lowest BCUT2D eigenvalue weighted by Crippen LogP contribution is -2.06. The van der Waals surface area contributed by atoms with Gasteiger partial charge in [0.1, 0.15) is 11.3 Å². The third-order valence-corrected chi connectivity index (χ3v) is 4.33. The second-order valence-corrected chi connectivity index (χ2v) is 6.32. The van der Waals surface area contributed by atoms with E-state index in [9.17, 15) is 9.90 Å². The Morgan fingerprint density at radius 3 is 2.24 bits per heavy atom. The largest absolute Gasteiger partial charge is 0.493 e. The van der Waals surface area contributed by atoms with Crippen LogP contribution in [0.5, 0.6) is 5.75 Å². The highest BCUT2D eigenvalue weighted by Crippen LogP contribution is 2.31. The van der Waals surface area contributed by atoms with E-state index >= 15 is 0 Å². The summed E-state index contributed by atoms with van der Waals surface area (Å²) in [5.41, 5.74) is 1.84. The molecule has 0 aliphatic rings. The first-order valence-electron chi connectivity index (χ1n) is 9.28. The third-order valence-electron chi connectivity index (χ3n) is 4.33. The Labute approximate surface area is 150 Å². The van der Waals surface area contributed by atoms with Gasteiger partial charge in [-0.15, -0.1) is 0 Å². The molecule has 134 valence electrons. The van der Waals surface area contributed by atoms with E-state index in [2.05, 4.69) is 6.92 Å². The molecule has 25 heavy (non-hydrogen) atoms. The van der Waals surface area contributed by atoms with Crippen LogP contribution in [0, 0.1) is 0 Å². The highest BCUT2D eigenvalue weighted by atomic mass is 16.5. The summed E-state index contributed by atoms with van der Waals surface area (Å²) in [5.74, 6) is -0.492. The van der Waals surface area contributed by atoms with Crippen molar-refractivity contribution >= 4 is 5.97 Å². The van der Waals surface area contributed by atoms with Crippen molar-refractivity contribution in [3.05, 3.63) is 54.1 Å². The summed E-state index contributed by atoms with van der Waals surface area (Å²) in [6, 6.07) is 15.0. The van der Waals surface area contributed by atoms with Gasteiger partial charge in [0.05, 0.1) is 6.61 Å². The summed E-state index contributed by atoms with van der Waals surface area (Å²) in [7, 11) is 0. The minimum atomic E-state index is -0.950. The molecule has 3 nitrogen and oxygen atoms in total. The fourth-order valence-electron chi connectivity index (χ4n) is 2.97. The van der Waals surface area contributed by atoms with Crippen molar-refractivity contribution in [2.45, 2.75) is 51.9 Å². The maximum absolute atomic E-state index is 11.8. The number of ether oxygens (including phenoxy) is 1. The zero-order valence-electron chi connectivity index (χ0n) is 15.0. The molecule has 2 aromatic rings. The van der Waals surface area contributed by atoms with E-state index in [1.807, 2.05) is 42.5 Å². The minimum absolute atomic E-state index is 0.247. The van der Waals surface area contributed by atoms with Crippen LogP contribution in [0.3, 0.4) is 0 Å². The van der Waals surface area contributed by atoms with Gasteiger partial charge < -0.3 is 9.84 Å². The fraction of sp³-hybridized carbons (Fsp3) is 0.409. The van der Waals surface area contributed by atoms with Crippen molar-refractivity contribution < 1.29 is 14.6 Å². The van der Waals surface area contributed by atoms with Crippen LogP contribution in [0.15, 0.2) is 48.5 Å². The topological polar surface area (TPSA) is 46.5 Å². The molecule has 0 atom stereocenters. The van der Waals surface area contributed by atoms with E-state index < -0.39 is 5.97 Å². The summed E-state index contributed by atoms with van der Waals surface area (Å²) >= 11 is 0. The Morgan fingerprint density at radius 1 is 0.880 bits per heavy atom. The van der Waals surface area contributed by atoms with Gasteiger partial charge in [0, 0.05) is 0 Å². The number of carboxylic acid groups (broad SMARTS) is 1. The molecule has 0 aliphatic carbocycles. The quantitative estimate of drug-likeness (QED) is 0.497. The molecule has 0 heterocycles. The third kappa shape index (κ3) is 5.93. The summed E-state index contributed by atoms with van der Waals surface area (Å²) in [4.78, 5) is 11.8. The fourth-order valence-corrected chi connectivity index (χ4v) is 2.97. The van der Waals surface area contributed by atoms with E-state index in [0.717, 1.165) is 18.4 Å². The molecule has 0 bridgehead atoms. The van der Waals surface area contributed by atoms with E-state index in [0.29, 0.717) is 17.9 Å². The van der Waals surface area contributed by atoms with Crippen LogP contribution >= 0.6 is 0 Å². The predicted octanol–water partition coefficient (Wildman–Crippen LogP) is 6.18. The van der Waals surface area contributed by atoms with Crippen LogP contribution in [-0.2, 0) is 0 Å². The molecule has 2 aromatic carbocycles. The number of rotatable bonds is 11. The van der Waals surface area contributed by atoms with Gasteiger partial charge in [-0.1, -0.05) is 87.9 Å². The van der Waals surface area contributed by atoms with Gasteiger partial charge in [0.2, 0.25) is 0 Å². The zero-order chi connectivity index (χ0) is 17.9. The van der Waals surface area contributed by atoms with Gasteiger partial charge >= 0.3 is 5.97 Å². The number of benzene rings is 2. The average Bonchev–Trinajstić information content (AvgIpc) is 2.64. The summed E-state index contributed by atoms with van der Waals surface area (Å²) < 4.78 is 5.81. The predicted molar refractivity (Wildman–Crippen MR) is 102 cm³/mol. The van der Waals surface area contributed by atoms with Crippen molar-refractivity contribution in [3.63, 3.8) is 0 Å². The van der Waals surface area contributed by atoms with Gasteiger partial charge in [-0.25, -0.2) is 4.79 Å². The lowest BCUT2D eigenvalue weighted by Gasteiger charge is -2.13. The normalized spacial score (nSPS) is 10.6. The van der Waals surface area contributed by atoms with Crippen LogP contribution in [0.2, 0.25) is 0 Å². The van der Waals surface area contributed by atoms with Gasteiger partial charge in [-0.2, -0.15) is 0 Å². The number of unbranched alkanes of at least 4 members (excludes halogenated alkanes) is 6. The molecular weight excluding hydrogens is 312 g/mol. The Morgan fingerprint density at radius 2 is 1.56 bits per heavy atom. The Bertz CT molecular complexity index is 650. The maximum Gasteiger partial charge on any atom is 0.340 e. The molecule has 0 amide bonds. The molecule has 0 aliphatic heterocycles. The second kappa shape index (κ2) is 10.5. The van der Waals surface area contributed by atoms with Crippen LogP contribution in [0.4, 0.5) is 0 Å². The SMILES string of the molecule is CCCCCCCCCOc1cccc(-c2ccccc2)c1C(=O)O. The molecule has 0 unspecified atom stereocenters. The highest BCUT2D eigenvalue weighted by molar-refractivity contribution is 5.99. The van der Waals surface area contributed by atoms with Crippen molar-refractivity contribution in [3.8, 4) is 16.9 Å². The Hall–Kier alpha value is -2.29. The standard InChI is InChI=1S/C22H28O3/c1-2-3-4-5-6-7-11-17-25-20-16-12-15-19(21(20)22(23)24)18-13-9-8-10-14-18/h8-10,12-16H,2-7,11,17H2,1H3,(H,23,24). The van der Waals surface area contributed by atoms with Crippen LogP contribution in [-0.4, -0.2) is 17.7 Å². The molecule has 2 rings (SSSR count). The van der Waals surface area contributed by atoms with E-state index in [4.69, 9.17) is 4.74 Å². The van der Waals surface area contributed by atoms with Crippen molar-refractivity contribution in [1.29, 1.82) is 0 Å². The minimum Gasteiger partial charge on any atom is -0.493 e. The molecule has 0 fully saturated rings. The molecule has 0 spiro atoms. The van der Waals surface area contributed by atoms with Crippen LogP contribution in [0.25, 0.3) is 11.1 Å².